The molecule has 0 radical (unpaired) electrons. The van der Waals surface area contributed by atoms with Gasteiger partial charge >= 0.3 is 0 Å². The molecule has 37 heavy (non-hydrogen) atoms. The van der Waals surface area contributed by atoms with Crippen molar-refractivity contribution in [3.05, 3.63) is 48.4 Å². The predicted octanol–water partition coefficient (Wildman–Crippen LogP) is 6.75. The molecule has 3 aliphatic carbocycles. The van der Waals surface area contributed by atoms with Crippen molar-refractivity contribution in [3.63, 3.8) is 0 Å². The summed E-state index contributed by atoms with van der Waals surface area (Å²) in [5.41, 5.74) is 4.40. The summed E-state index contributed by atoms with van der Waals surface area (Å²) >= 11 is 0. The van der Waals surface area contributed by atoms with E-state index in [0.29, 0.717) is 23.8 Å². The van der Waals surface area contributed by atoms with Gasteiger partial charge in [0.25, 0.3) is 0 Å². The van der Waals surface area contributed by atoms with Crippen LogP contribution in [0.5, 0.6) is 0 Å². The Morgan fingerprint density at radius 3 is 2.54 bits per heavy atom. The fraction of sp³-hybridized carbons (Fsp3) is 0.581. The van der Waals surface area contributed by atoms with E-state index in [1.54, 1.807) is 0 Å². The number of benzene rings is 1. The average molecular weight is 502 g/mol. The molecule has 0 bridgehead atoms. The number of aromatic nitrogens is 2. The second kappa shape index (κ2) is 12.1. The zero-order valence-corrected chi connectivity index (χ0v) is 22.4. The van der Waals surface area contributed by atoms with Gasteiger partial charge in [0.05, 0.1) is 12.2 Å². The zero-order valence-electron chi connectivity index (χ0n) is 22.4. The van der Waals surface area contributed by atoms with Crippen LogP contribution in [0.15, 0.2) is 48.4 Å². The summed E-state index contributed by atoms with van der Waals surface area (Å²) in [4.78, 5) is 16.0. The van der Waals surface area contributed by atoms with Gasteiger partial charge < -0.3 is 15.6 Å². The molecule has 198 valence electrons. The molecular formula is C31H43N5O. The summed E-state index contributed by atoms with van der Waals surface area (Å²) in [7, 11) is 0. The number of carbonyl (C=O) groups is 1. The molecule has 3 fully saturated rings. The van der Waals surface area contributed by atoms with Crippen LogP contribution in [-0.2, 0) is 4.79 Å². The molecule has 1 heterocycles. The van der Waals surface area contributed by atoms with E-state index in [-0.39, 0.29) is 5.92 Å². The third-order valence-corrected chi connectivity index (χ3v) is 8.63. The monoisotopic (exact) mass is 501 g/mol. The molecule has 0 saturated heterocycles. The minimum Gasteiger partial charge on any atom is -0.391 e. The summed E-state index contributed by atoms with van der Waals surface area (Å²) in [6.07, 6.45) is 20.1. The van der Waals surface area contributed by atoms with Gasteiger partial charge in [-0.05, 0) is 93.4 Å². The lowest BCUT2D eigenvalue weighted by Crippen LogP contribution is -2.41. The van der Waals surface area contributed by atoms with Crippen LogP contribution in [0.4, 0.5) is 5.69 Å². The molecule has 5 rings (SSSR count). The van der Waals surface area contributed by atoms with Gasteiger partial charge in [-0.1, -0.05) is 31.4 Å². The van der Waals surface area contributed by atoms with Gasteiger partial charge in [-0.3, -0.25) is 9.48 Å². The molecule has 3 aliphatic rings. The van der Waals surface area contributed by atoms with Crippen molar-refractivity contribution in [1.82, 2.24) is 15.1 Å². The number of nitrogens with one attached hydrogen (secondary N) is 2. The van der Waals surface area contributed by atoms with Crippen molar-refractivity contribution in [2.45, 2.75) is 83.6 Å². The predicted molar refractivity (Wildman–Crippen MR) is 151 cm³/mol. The smallest absolute Gasteiger partial charge is 0.230 e. The number of amides is 1. The molecule has 2 N–H and O–H groups in total. The Labute approximate surface area is 222 Å². The van der Waals surface area contributed by atoms with Crippen molar-refractivity contribution in [3.8, 4) is 11.1 Å². The maximum absolute atomic E-state index is 13.9. The lowest BCUT2D eigenvalue weighted by Gasteiger charge is -2.35. The quantitative estimate of drug-likeness (QED) is 0.354. The molecule has 1 amide bonds. The van der Waals surface area contributed by atoms with Crippen molar-refractivity contribution in [2.24, 2.45) is 17.8 Å². The van der Waals surface area contributed by atoms with E-state index in [1.807, 2.05) is 12.4 Å². The fourth-order valence-corrected chi connectivity index (χ4v) is 6.21. The fourth-order valence-electron chi connectivity index (χ4n) is 6.21. The third kappa shape index (κ3) is 6.34. The Morgan fingerprint density at radius 1 is 1.05 bits per heavy atom. The summed E-state index contributed by atoms with van der Waals surface area (Å²) in [6.45, 7) is 3.76. The molecule has 6 nitrogen and oxygen atoms in total. The van der Waals surface area contributed by atoms with E-state index in [2.05, 4.69) is 57.4 Å². The van der Waals surface area contributed by atoms with Gasteiger partial charge in [-0.25, -0.2) is 0 Å². The Balaban J connectivity index is 1.33. The van der Waals surface area contributed by atoms with Gasteiger partial charge in [0.2, 0.25) is 5.91 Å². The first-order valence-electron chi connectivity index (χ1n) is 14.6. The SMILES string of the molecule is CCN/C=C(\C=N)C1CCC(CN(C(=O)C2CCCCC2)c2cccc(-c3cnn(C4CC4)c3)c2)CC1. The van der Waals surface area contributed by atoms with Crippen LogP contribution in [0.1, 0.15) is 83.6 Å². The lowest BCUT2D eigenvalue weighted by molar-refractivity contribution is -0.123. The van der Waals surface area contributed by atoms with Crippen molar-refractivity contribution >= 4 is 17.8 Å². The van der Waals surface area contributed by atoms with Crippen LogP contribution in [0.3, 0.4) is 0 Å². The summed E-state index contributed by atoms with van der Waals surface area (Å²) in [6, 6.07) is 9.12. The Kier molecular flexibility index (Phi) is 8.42. The summed E-state index contributed by atoms with van der Waals surface area (Å²) < 4.78 is 2.10. The van der Waals surface area contributed by atoms with E-state index in [4.69, 9.17) is 5.41 Å². The Bertz CT molecular complexity index is 1090. The first kappa shape index (κ1) is 25.7. The molecule has 2 aromatic rings. The van der Waals surface area contributed by atoms with Gasteiger partial charge in [-0.2, -0.15) is 5.10 Å². The van der Waals surface area contributed by atoms with E-state index >= 15 is 0 Å². The van der Waals surface area contributed by atoms with Gasteiger partial charge in [-0.15, -0.1) is 0 Å². The first-order valence-corrected chi connectivity index (χ1v) is 14.6. The number of hydrogen-bond acceptors (Lipinski definition) is 4. The maximum Gasteiger partial charge on any atom is 0.230 e. The topological polar surface area (TPSA) is 74.0 Å². The van der Waals surface area contributed by atoms with Crippen molar-refractivity contribution < 1.29 is 4.79 Å². The van der Waals surface area contributed by atoms with E-state index in [9.17, 15) is 4.79 Å². The van der Waals surface area contributed by atoms with Crippen LogP contribution < -0.4 is 10.2 Å². The molecule has 1 aromatic heterocycles. The second-order valence-corrected chi connectivity index (χ2v) is 11.3. The van der Waals surface area contributed by atoms with Gasteiger partial charge in [0.1, 0.15) is 0 Å². The standard InChI is InChI=1S/C31H43N5O/c1-2-33-19-27(18-32)24-13-11-23(12-14-24)21-35(31(37)25-7-4-3-5-8-25)30-10-6-9-26(17-30)28-20-34-36(22-28)29-15-16-29/h6,9-10,17-20,22-25,29,32-33H,2-5,7-8,11-16,21H2,1H3/b27-19+,32-18?. The van der Waals surface area contributed by atoms with E-state index in [1.165, 1.54) is 38.3 Å². The minimum atomic E-state index is 0.152. The highest BCUT2D eigenvalue weighted by atomic mass is 16.2. The molecular weight excluding hydrogens is 458 g/mol. The average Bonchev–Trinajstić information content (AvgIpc) is 3.69. The maximum atomic E-state index is 13.9. The van der Waals surface area contributed by atoms with Crippen LogP contribution in [-0.4, -0.2) is 35.0 Å². The normalized spacial score (nSPS) is 23.0. The highest BCUT2D eigenvalue weighted by molar-refractivity contribution is 5.95. The number of hydrogen-bond donors (Lipinski definition) is 2. The summed E-state index contributed by atoms with van der Waals surface area (Å²) in [5.74, 6) is 1.41. The molecule has 1 aromatic carbocycles. The van der Waals surface area contributed by atoms with Crippen molar-refractivity contribution in [2.75, 3.05) is 18.0 Å². The van der Waals surface area contributed by atoms with Crippen LogP contribution in [0, 0.1) is 23.2 Å². The molecule has 3 saturated carbocycles. The third-order valence-electron chi connectivity index (χ3n) is 8.63. The number of nitrogens with zero attached hydrogens (tertiary/aromatic N) is 3. The highest BCUT2D eigenvalue weighted by Gasteiger charge is 2.31. The van der Waals surface area contributed by atoms with E-state index < -0.39 is 0 Å². The number of allylic oxidation sites excluding steroid dienone is 1. The van der Waals surface area contributed by atoms with Crippen molar-refractivity contribution in [1.29, 1.82) is 5.41 Å². The number of anilines is 1. The molecule has 0 atom stereocenters. The Morgan fingerprint density at radius 2 is 1.84 bits per heavy atom. The second-order valence-electron chi connectivity index (χ2n) is 11.3. The largest absolute Gasteiger partial charge is 0.391 e. The van der Waals surface area contributed by atoms with Crippen LogP contribution in [0.25, 0.3) is 11.1 Å². The molecule has 0 unspecified atom stereocenters. The van der Waals surface area contributed by atoms with Crippen LogP contribution in [0.2, 0.25) is 0 Å². The lowest BCUT2D eigenvalue weighted by atomic mass is 9.78. The first-order chi connectivity index (χ1) is 18.2. The molecule has 0 aliphatic heterocycles. The highest BCUT2D eigenvalue weighted by Crippen LogP contribution is 2.37. The van der Waals surface area contributed by atoms with Crippen LogP contribution >= 0.6 is 0 Å². The number of rotatable bonds is 10. The Hall–Kier alpha value is -2.89. The minimum absolute atomic E-state index is 0.152. The molecule has 0 spiro atoms. The van der Waals surface area contributed by atoms with Gasteiger partial charge in [0.15, 0.2) is 0 Å². The number of carbonyl (C=O) groups excluding carboxylic acids is 1. The van der Waals surface area contributed by atoms with Gasteiger partial charge in [0, 0.05) is 48.9 Å². The molecule has 6 heteroatoms. The summed E-state index contributed by atoms with van der Waals surface area (Å²) in [5, 5.41) is 15.7. The zero-order chi connectivity index (χ0) is 25.6. The van der Waals surface area contributed by atoms with E-state index in [0.717, 1.165) is 74.0 Å².